The first-order chi connectivity index (χ1) is 9.47. The third kappa shape index (κ3) is 1.69. The molecule has 3 rings (SSSR count). The lowest BCUT2D eigenvalue weighted by Crippen LogP contribution is -2.29. The number of aryl methyl sites for hydroxylation is 2. The van der Waals surface area contributed by atoms with Gasteiger partial charge in [0.2, 0.25) is 5.89 Å². The standard InChI is InChI=1S/C10H10N6O4/c1-4-11-5(14-20-4)3-16-6-7(12-10(16)19)15(2)9(18)13-8(6)17/h3H2,1-2H3,(H,12,19)(H,13,17,18). The third-order valence-corrected chi connectivity index (χ3v) is 2.91. The second-order valence-corrected chi connectivity index (χ2v) is 4.26. The first-order valence-corrected chi connectivity index (χ1v) is 5.68. The number of fused-ring (bicyclic) bond motifs is 1. The van der Waals surface area contributed by atoms with E-state index in [1.54, 1.807) is 6.92 Å². The SMILES string of the molecule is Cc1nc(Cn2c(=O)[nH]c3c2c(=O)[nH]c(=O)n3C)no1. The zero-order chi connectivity index (χ0) is 14.4. The molecule has 0 spiro atoms. The van der Waals surface area contributed by atoms with E-state index in [1.165, 1.54) is 7.05 Å². The summed E-state index contributed by atoms with van der Waals surface area (Å²) in [5.74, 6) is 0.618. The lowest BCUT2D eigenvalue weighted by Gasteiger charge is -2.00. The third-order valence-electron chi connectivity index (χ3n) is 2.91. The Hall–Kier alpha value is -2.91. The van der Waals surface area contributed by atoms with Crippen LogP contribution in [0.1, 0.15) is 11.7 Å². The molecule has 3 heterocycles. The predicted molar refractivity (Wildman–Crippen MR) is 66.6 cm³/mol. The highest BCUT2D eigenvalue weighted by Crippen LogP contribution is 2.04. The summed E-state index contributed by atoms with van der Waals surface area (Å²) in [7, 11) is 1.44. The van der Waals surface area contributed by atoms with Crippen molar-refractivity contribution in [2.45, 2.75) is 13.5 Å². The Kier molecular flexibility index (Phi) is 2.46. The van der Waals surface area contributed by atoms with E-state index in [4.69, 9.17) is 4.52 Å². The fourth-order valence-corrected chi connectivity index (χ4v) is 1.97. The van der Waals surface area contributed by atoms with Crippen molar-refractivity contribution in [3.63, 3.8) is 0 Å². The monoisotopic (exact) mass is 278 g/mol. The second kappa shape index (κ2) is 4.05. The molecule has 0 saturated heterocycles. The molecule has 0 atom stereocenters. The van der Waals surface area contributed by atoms with Crippen LogP contribution in [0.3, 0.4) is 0 Å². The molecule has 10 heteroatoms. The minimum atomic E-state index is -0.651. The Balaban J connectivity index is 2.29. The van der Waals surface area contributed by atoms with E-state index in [0.717, 1.165) is 9.13 Å². The van der Waals surface area contributed by atoms with Gasteiger partial charge in [0, 0.05) is 14.0 Å². The summed E-state index contributed by atoms with van der Waals surface area (Å²) in [6.07, 6.45) is 0. The van der Waals surface area contributed by atoms with Gasteiger partial charge in [0.05, 0.1) is 6.54 Å². The fraction of sp³-hybridized carbons (Fsp3) is 0.300. The van der Waals surface area contributed by atoms with E-state index in [1.807, 2.05) is 0 Å². The number of nitrogens with one attached hydrogen (secondary N) is 2. The van der Waals surface area contributed by atoms with Crippen molar-refractivity contribution < 1.29 is 4.52 Å². The van der Waals surface area contributed by atoms with Crippen molar-refractivity contribution in [3.05, 3.63) is 43.0 Å². The lowest BCUT2D eigenvalue weighted by molar-refractivity contribution is 0.386. The van der Waals surface area contributed by atoms with Gasteiger partial charge in [-0.2, -0.15) is 4.98 Å². The lowest BCUT2D eigenvalue weighted by atomic mass is 10.5. The van der Waals surface area contributed by atoms with E-state index in [0.29, 0.717) is 5.89 Å². The van der Waals surface area contributed by atoms with Crippen LogP contribution in [0.4, 0.5) is 0 Å². The zero-order valence-electron chi connectivity index (χ0n) is 10.6. The number of hydrogen-bond donors (Lipinski definition) is 2. The van der Waals surface area contributed by atoms with Crippen LogP contribution in [-0.4, -0.2) is 29.2 Å². The van der Waals surface area contributed by atoms with Crippen molar-refractivity contribution in [1.29, 1.82) is 0 Å². The molecule has 3 aromatic rings. The van der Waals surface area contributed by atoms with Crippen molar-refractivity contribution in [3.8, 4) is 0 Å². The Bertz CT molecular complexity index is 968. The van der Waals surface area contributed by atoms with Crippen LogP contribution in [0.25, 0.3) is 11.2 Å². The minimum Gasteiger partial charge on any atom is -0.340 e. The number of imidazole rings is 1. The quantitative estimate of drug-likeness (QED) is 0.583. The first-order valence-electron chi connectivity index (χ1n) is 5.68. The van der Waals surface area contributed by atoms with Crippen molar-refractivity contribution in [2.75, 3.05) is 0 Å². The van der Waals surface area contributed by atoms with Crippen LogP contribution < -0.4 is 16.9 Å². The Morgan fingerprint density at radius 1 is 1.20 bits per heavy atom. The average Bonchev–Trinajstić information content (AvgIpc) is 2.93. The largest absolute Gasteiger partial charge is 0.340 e. The van der Waals surface area contributed by atoms with Gasteiger partial charge in [-0.05, 0) is 0 Å². The molecule has 0 bridgehead atoms. The van der Waals surface area contributed by atoms with Crippen LogP contribution in [0.5, 0.6) is 0 Å². The molecule has 0 unspecified atom stereocenters. The molecule has 0 aliphatic heterocycles. The number of nitrogens with zero attached hydrogens (tertiary/aromatic N) is 4. The highest BCUT2D eigenvalue weighted by atomic mass is 16.5. The van der Waals surface area contributed by atoms with Gasteiger partial charge < -0.3 is 4.52 Å². The van der Waals surface area contributed by atoms with Crippen LogP contribution >= 0.6 is 0 Å². The van der Waals surface area contributed by atoms with Crippen LogP contribution in [0, 0.1) is 6.92 Å². The normalized spacial score (nSPS) is 11.3. The van der Waals surface area contributed by atoms with E-state index in [2.05, 4.69) is 20.1 Å². The molecule has 0 aromatic carbocycles. The second-order valence-electron chi connectivity index (χ2n) is 4.26. The molecule has 2 N–H and O–H groups in total. The van der Waals surface area contributed by atoms with Crippen molar-refractivity contribution in [2.24, 2.45) is 7.05 Å². The van der Waals surface area contributed by atoms with Gasteiger partial charge in [-0.1, -0.05) is 5.16 Å². The molecule has 0 aliphatic rings. The molecule has 0 fully saturated rings. The molecule has 10 nitrogen and oxygen atoms in total. The van der Waals surface area contributed by atoms with Gasteiger partial charge >= 0.3 is 11.4 Å². The summed E-state index contributed by atoms with van der Waals surface area (Å²) in [5, 5.41) is 3.67. The number of aromatic nitrogens is 6. The molecule has 0 radical (unpaired) electrons. The predicted octanol–water partition coefficient (Wildman–Crippen LogP) is -1.54. The van der Waals surface area contributed by atoms with Gasteiger partial charge in [-0.25, -0.2) is 9.59 Å². The summed E-state index contributed by atoms with van der Waals surface area (Å²) < 4.78 is 7.11. The Labute approximate surface area is 109 Å². The maximum absolute atomic E-state index is 11.9. The van der Waals surface area contributed by atoms with E-state index in [9.17, 15) is 14.4 Å². The minimum absolute atomic E-state index is 0.0303. The van der Waals surface area contributed by atoms with E-state index >= 15 is 0 Å². The van der Waals surface area contributed by atoms with Gasteiger partial charge in [0.25, 0.3) is 5.56 Å². The first kappa shape index (κ1) is 12.1. The molecule has 0 saturated carbocycles. The Morgan fingerprint density at radius 2 is 1.95 bits per heavy atom. The van der Waals surface area contributed by atoms with E-state index in [-0.39, 0.29) is 23.5 Å². The van der Waals surface area contributed by atoms with Crippen LogP contribution in [0.2, 0.25) is 0 Å². The number of H-pyrrole nitrogens is 2. The highest BCUT2D eigenvalue weighted by Gasteiger charge is 2.16. The van der Waals surface area contributed by atoms with Crippen LogP contribution in [0.15, 0.2) is 18.9 Å². The number of aromatic amines is 2. The molecule has 20 heavy (non-hydrogen) atoms. The molecule has 3 aromatic heterocycles. The fourth-order valence-electron chi connectivity index (χ4n) is 1.97. The maximum atomic E-state index is 11.9. The summed E-state index contributed by atoms with van der Waals surface area (Å²) in [6, 6.07) is 0. The van der Waals surface area contributed by atoms with Gasteiger partial charge in [0.1, 0.15) is 5.65 Å². The molecule has 0 amide bonds. The van der Waals surface area contributed by atoms with Crippen LogP contribution in [-0.2, 0) is 13.6 Å². The van der Waals surface area contributed by atoms with Gasteiger partial charge in [0.15, 0.2) is 11.3 Å². The molecule has 104 valence electrons. The zero-order valence-corrected chi connectivity index (χ0v) is 10.6. The van der Waals surface area contributed by atoms with Crippen molar-refractivity contribution >= 4 is 11.2 Å². The average molecular weight is 278 g/mol. The summed E-state index contributed by atoms with van der Waals surface area (Å²) in [4.78, 5) is 43.8. The summed E-state index contributed by atoms with van der Waals surface area (Å²) >= 11 is 0. The molecular weight excluding hydrogens is 268 g/mol. The van der Waals surface area contributed by atoms with E-state index < -0.39 is 16.9 Å². The highest BCUT2D eigenvalue weighted by molar-refractivity contribution is 5.69. The topological polar surface area (TPSA) is 132 Å². The summed E-state index contributed by atoms with van der Waals surface area (Å²) in [6.45, 7) is 1.59. The van der Waals surface area contributed by atoms with Crippen molar-refractivity contribution in [1.82, 2.24) is 29.2 Å². The van der Waals surface area contributed by atoms with Gasteiger partial charge in [-0.15, -0.1) is 0 Å². The number of hydrogen-bond acceptors (Lipinski definition) is 6. The molecule has 0 aliphatic carbocycles. The summed E-state index contributed by atoms with van der Waals surface area (Å²) in [5.41, 5.74) is -1.59. The van der Waals surface area contributed by atoms with Gasteiger partial charge in [-0.3, -0.25) is 23.9 Å². The smallest absolute Gasteiger partial charge is 0.329 e. The Morgan fingerprint density at radius 3 is 2.60 bits per heavy atom. The number of rotatable bonds is 2. The maximum Gasteiger partial charge on any atom is 0.329 e. The molecular formula is C10H10N6O4.